The monoisotopic (exact) mass is 311 g/mol. The Hall–Kier alpha value is -2.47. The van der Waals surface area contributed by atoms with Gasteiger partial charge in [0.25, 0.3) is 0 Å². The van der Waals surface area contributed by atoms with Crippen molar-refractivity contribution in [1.82, 2.24) is 25.2 Å². The lowest BCUT2D eigenvalue weighted by Crippen LogP contribution is -2.33. The second-order valence-corrected chi connectivity index (χ2v) is 5.66. The van der Waals surface area contributed by atoms with Crippen LogP contribution in [0.5, 0.6) is 0 Å². The largest absolute Gasteiger partial charge is 0.338 e. The lowest BCUT2D eigenvalue weighted by molar-refractivity contribution is 0.324. The van der Waals surface area contributed by atoms with Crippen LogP contribution in [-0.4, -0.2) is 26.0 Å². The molecule has 120 valence electrons. The van der Waals surface area contributed by atoms with Crippen LogP contribution in [0, 0.1) is 0 Å². The molecule has 0 saturated heterocycles. The predicted octanol–water partition coefficient (Wildman–Crippen LogP) is 2.60. The molecule has 0 spiro atoms. The van der Waals surface area contributed by atoms with E-state index in [0.29, 0.717) is 24.7 Å². The number of benzene rings is 1. The van der Waals surface area contributed by atoms with Gasteiger partial charge in [-0.2, -0.15) is 10.1 Å². The minimum Gasteiger partial charge on any atom is -0.338 e. The van der Waals surface area contributed by atoms with E-state index in [-0.39, 0.29) is 12.1 Å². The van der Waals surface area contributed by atoms with E-state index in [1.165, 1.54) is 5.56 Å². The van der Waals surface area contributed by atoms with Gasteiger partial charge in [-0.3, -0.25) is 4.68 Å². The summed E-state index contributed by atoms with van der Waals surface area (Å²) in [4.78, 5) is 4.44. The molecule has 2 aromatic heterocycles. The van der Waals surface area contributed by atoms with E-state index in [1.54, 1.807) is 6.20 Å². The molecule has 0 aliphatic carbocycles. The van der Waals surface area contributed by atoms with Crippen molar-refractivity contribution in [1.29, 1.82) is 0 Å². The van der Waals surface area contributed by atoms with E-state index in [1.807, 2.05) is 35.1 Å². The number of nitrogens with one attached hydrogen (secondary N) is 1. The highest BCUT2D eigenvalue weighted by molar-refractivity contribution is 5.18. The first-order chi connectivity index (χ1) is 11.2. The van der Waals surface area contributed by atoms with Crippen LogP contribution in [0.1, 0.15) is 37.2 Å². The van der Waals surface area contributed by atoms with Crippen LogP contribution in [0.2, 0.25) is 0 Å². The molecule has 1 aromatic carbocycles. The second kappa shape index (κ2) is 7.19. The molecule has 0 aliphatic rings. The van der Waals surface area contributed by atoms with E-state index < -0.39 is 0 Å². The Morgan fingerprint density at radius 2 is 2.00 bits per heavy atom. The minimum atomic E-state index is 0.236. The van der Waals surface area contributed by atoms with Crippen molar-refractivity contribution in [3.63, 3.8) is 0 Å². The zero-order valence-corrected chi connectivity index (χ0v) is 13.4. The molecular formula is C17H21N5O. The van der Waals surface area contributed by atoms with E-state index in [9.17, 15) is 0 Å². The molecule has 23 heavy (non-hydrogen) atoms. The van der Waals surface area contributed by atoms with Crippen molar-refractivity contribution in [2.45, 2.75) is 38.9 Å². The summed E-state index contributed by atoms with van der Waals surface area (Å²) in [5.74, 6) is 1.32. The SMILES string of the molecule is C[C@H]([C@@H](C)NCc1nc(Cc2ccccc2)no1)n1cccn1. The van der Waals surface area contributed by atoms with E-state index in [2.05, 4.69) is 46.5 Å². The average molecular weight is 311 g/mol. The summed E-state index contributed by atoms with van der Waals surface area (Å²) in [6, 6.07) is 12.5. The van der Waals surface area contributed by atoms with Crippen molar-refractivity contribution in [3.05, 3.63) is 66.1 Å². The first-order valence-electron chi connectivity index (χ1n) is 7.80. The van der Waals surface area contributed by atoms with Crippen LogP contribution >= 0.6 is 0 Å². The summed E-state index contributed by atoms with van der Waals surface area (Å²) in [6.45, 7) is 4.79. The first kappa shape index (κ1) is 15.4. The number of hydrogen-bond donors (Lipinski definition) is 1. The number of aromatic nitrogens is 4. The molecule has 2 atom stereocenters. The Kier molecular flexibility index (Phi) is 4.83. The van der Waals surface area contributed by atoms with Crippen molar-refractivity contribution in [2.75, 3.05) is 0 Å². The zero-order valence-electron chi connectivity index (χ0n) is 13.4. The van der Waals surface area contributed by atoms with Crippen molar-refractivity contribution in [2.24, 2.45) is 0 Å². The zero-order chi connectivity index (χ0) is 16.1. The minimum absolute atomic E-state index is 0.236. The van der Waals surface area contributed by atoms with Gasteiger partial charge in [-0.25, -0.2) is 0 Å². The van der Waals surface area contributed by atoms with Crippen molar-refractivity contribution < 1.29 is 4.52 Å². The molecule has 0 aliphatic heterocycles. The number of hydrogen-bond acceptors (Lipinski definition) is 5. The van der Waals surface area contributed by atoms with Crippen molar-refractivity contribution >= 4 is 0 Å². The molecule has 0 bridgehead atoms. The fourth-order valence-electron chi connectivity index (χ4n) is 2.38. The summed E-state index contributed by atoms with van der Waals surface area (Å²) >= 11 is 0. The third-order valence-electron chi connectivity index (χ3n) is 3.96. The fraction of sp³-hybridized carbons (Fsp3) is 0.353. The van der Waals surface area contributed by atoms with Gasteiger partial charge < -0.3 is 9.84 Å². The first-order valence-corrected chi connectivity index (χ1v) is 7.80. The molecule has 0 amide bonds. The highest BCUT2D eigenvalue weighted by Gasteiger charge is 2.15. The highest BCUT2D eigenvalue weighted by atomic mass is 16.5. The Balaban J connectivity index is 1.53. The summed E-state index contributed by atoms with van der Waals surface area (Å²) in [5.41, 5.74) is 1.17. The quantitative estimate of drug-likeness (QED) is 0.726. The molecule has 3 aromatic rings. The molecule has 3 rings (SSSR count). The fourth-order valence-corrected chi connectivity index (χ4v) is 2.38. The summed E-state index contributed by atoms with van der Waals surface area (Å²) < 4.78 is 7.25. The molecule has 0 radical (unpaired) electrons. The van der Waals surface area contributed by atoms with Gasteiger partial charge in [-0.1, -0.05) is 35.5 Å². The molecule has 1 N–H and O–H groups in total. The van der Waals surface area contributed by atoms with E-state index in [0.717, 1.165) is 0 Å². The highest BCUT2D eigenvalue weighted by Crippen LogP contribution is 2.10. The lowest BCUT2D eigenvalue weighted by atomic mass is 10.1. The number of nitrogens with zero attached hydrogens (tertiary/aromatic N) is 4. The maximum atomic E-state index is 5.31. The second-order valence-electron chi connectivity index (χ2n) is 5.66. The number of rotatable bonds is 7. The maximum Gasteiger partial charge on any atom is 0.240 e. The van der Waals surface area contributed by atoms with Crippen LogP contribution in [0.15, 0.2) is 53.3 Å². The Bertz CT molecular complexity index is 708. The maximum absolute atomic E-state index is 5.31. The van der Waals surface area contributed by atoms with E-state index in [4.69, 9.17) is 4.52 Å². The van der Waals surface area contributed by atoms with Crippen LogP contribution in [0.4, 0.5) is 0 Å². The van der Waals surface area contributed by atoms with Gasteiger partial charge in [0, 0.05) is 24.9 Å². The average Bonchev–Trinajstić information content (AvgIpc) is 3.25. The molecule has 0 unspecified atom stereocenters. The smallest absolute Gasteiger partial charge is 0.240 e. The van der Waals surface area contributed by atoms with Gasteiger partial charge in [0.2, 0.25) is 5.89 Å². The van der Waals surface area contributed by atoms with Crippen LogP contribution in [-0.2, 0) is 13.0 Å². The van der Waals surface area contributed by atoms with Gasteiger partial charge >= 0.3 is 0 Å². The van der Waals surface area contributed by atoms with Gasteiger partial charge in [-0.15, -0.1) is 0 Å². The summed E-state index contributed by atoms with van der Waals surface area (Å²) in [5, 5.41) is 11.7. The van der Waals surface area contributed by atoms with E-state index >= 15 is 0 Å². The van der Waals surface area contributed by atoms with Gasteiger partial charge in [-0.05, 0) is 25.5 Å². The molecule has 2 heterocycles. The van der Waals surface area contributed by atoms with Crippen LogP contribution < -0.4 is 5.32 Å². The van der Waals surface area contributed by atoms with Gasteiger partial charge in [0.1, 0.15) is 0 Å². The van der Waals surface area contributed by atoms with Crippen molar-refractivity contribution in [3.8, 4) is 0 Å². The normalized spacial score (nSPS) is 13.8. The molecular weight excluding hydrogens is 290 g/mol. The van der Waals surface area contributed by atoms with Gasteiger partial charge in [0.15, 0.2) is 5.82 Å². The lowest BCUT2D eigenvalue weighted by Gasteiger charge is -2.20. The standard InChI is InChI=1S/C17H21N5O/c1-13(14(2)22-10-6-9-19-22)18-12-17-20-16(21-23-17)11-15-7-4-3-5-8-15/h3-10,13-14,18H,11-12H2,1-2H3/t13-,14-/m1/s1. The van der Waals surface area contributed by atoms with Gasteiger partial charge in [0.05, 0.1) is 12.6 Å². The Morgan fingerprint density at radius 3 is 2.74 bits per heavy atom. The topological polar surface area (TPSA) is 68.8 Å². The third kappa shape index (κ3) is 4.04. The molecule has 0 fully saturated rings. The summed E-state index contributed by atoms with van der Waals surface area (Å²) in [6.07, 6.45) is 4.44. The Labute approximate surface area is 135 Å². The Morgan fingerprint density at radius 1 is 1.17 bits per heavy atom. The van der Waals surface area contributed by atoms with Crippen LogP contribution in [0.25, 0.3) is 0 Å². The molecule has 6 heteroatoms. The van der Waals surface area contributed by atoms with Crippen LogP contribution in [0.3, 0.4) is 0 Å². The summed E-state index contributed by atoms with van der Waals surface area (Å²) in [7, 11) is 0. The predicted molar refractivity (Wildman–Crippen MR) is 86.8 cm³/mol. The molecule has 0 saturated carbocycles. The molecule has 6 nitrogen and oxygen atoms in total. The third-order valence-corrected chi connectivity index (χ3v) is 3.96.